The van der Waals surface area contributed by atoms with Crippen LogP contribution in [0.2, 0.25) is 0 Å². The summed E-state index contributed by atoms with van der Waals surface area (Å²) in [6, 6.07) is 14.9. The van der Waals surface area contributed by atoms with E-state index >= 15 is 0 Å². The van der Waals surface area contributed by atoms with Crippen LogP contribution in [0.15, 0.2) is 48.5 Å². The second kappa shape index (κ2) is 10.9. The Hall–Kier alpha value is -3.39. The Morgan fingerprint density at radius 2 is 1.57 bits per heavy atom. The van der Waals surface area contributed by atoms with Crippen molar-refractivity contribution in [2.75, 3.05) is 26.8 Å². The molecule has 0 saturated heterocycles. The van der Waals surface area contributed by atoms with E-state index in [-0.39, 0.29) is 24.5 Å². The molecule has 8 heteroatoms. The number of hydrogen-bond acceptors (Lipinski definition) is 5. The van der Waals surface area contributed by atoms with Crippen LogP contribution in [0.3, 0.4) is 0 Å². The third kappa shape index (κ3) is 6.39. The molecule has 0 fully saturated rings. The first kappa shape index (κ1) is 26.2. The fourth-order valence-corrected chi connectivity index (χ4v) is 4.43. The zero-order chi connectivity index (χ0) is 25.8. The highest BCUT2D eigenvalue weighted by atomic mass is 16.5. The predicted octanol–water partition coefficient (Wildman–Crippen LogP) is 3.89. The molecule has 2 amide bonds. The molecule has 1 aliphatic rings. The van der Waals surface area contributed by atoms with Crippen LogP contribution in [-0.4, -0.2) is 66.9 Å². The van der Waals surface area contributed by atoms with Gasteiger partial charge in [-0.25, -0.2) is 4.79 Å². The minimum absolute atomic E-state index is 0.100. The maximum Gasteiger partial charge on any atom is 0.407 e. The third-order valence-electron chi connectivity index (χ3n) is 6.03. The number of aliphatic carboxylic acids is 1. The van der Waals surface area contributed by atoms with Crippen LogP contribution in [0.1, 0.15) is 44.7 Å². The molecule has 0 spiro atoms. The van der Waals surface area contributed by atoms with Gasteiger partial charge in [-0.2, -0.15) is 0 Å². The topological polar surface area (TPSA) is 105 Å². The van der Waals surface area contributed by atoms with Crippen molar-refractivity contribution in [3.63, 3.8) is 0 Å². The molecule has 0 radical (unpaired) electrons. The van der Waals surface area contributed by atoms with E-state index in [0.29, 0.717) is 0 Å². The molecular weight excluding hydrogens is 448 g/mol. The average molecular weight is 483 g/mol. The molecule has 0 aliphatic heterocycles. The zero-order valence-electron chi connectivity index (χ0n) is 20.9. The summed E-state index contributed by atoms with van der Waals surface area (Å²) in [5.74, 6) is -1.79. The number of carbonyl (C=O) groups excluding carboxylic acids is 2. The molecule has 0 saturated carbocycles. The van der Waals surface area contributed by atoms with Crippen molar-refractivity contribution in [2.45, 2.75) is 45.8 Å². The molecule has 2 atom stereocenters. The van der Waals surface area contributed by atoms with Crippen LogP contribution in [0.25, 0.3) is 11.1 Å². The Bertz CT molecular complexity index is 1030. The van der Waals surface area contributed by atoms with E-state index in [4.69, 9.17) is 9.47 Å². The van der Waals surface area contributed by atoms with Crippen molar-refractivity contribution >= 4 is 18.0 Å². The summed E-state index contributed by atoms with van der Waals surface area (Å²) in [5, 5.41) is 11.9. The first-order valence-electron chi connectivity index (χ1n) is 11.7. The predicted molar refractivity (Wildman–Crippen MR) is 132 cm³/mol. The van der Waals surface area contributed by atoms with E-state index in [1.165, 1.54) is 12.0 Å². The second-order valence-electron chi connectivity index (χ2n) is 10.0. The maximum atomic E-state index is 13.3. The van der Waals surface area contributed by atoms with Crippen molar-refractivity contribution in [1.82, 2.24) is 10.2 Å². The molecule has 2 aromatic rings. The summed E-state index contributed by atoms with van der Waals surface area (Å²) in [6.45, 7) is 7.19. The molecule has 1 aliphatic carbocycles. The van der Waals surface area contributed by atoms with Gasteiger partial charge in [-0.3, -0.25) is 9.59 Å². The van der Waals surface area contributed by atoms with Gasteiger partial charge >= 0.3 is 12.1 Å². The minimum Gasteiger partial charge on any atom is -0.480 e. The number of nitrogens with one attached hydrogen (secondary N) is 1. The first-order chi connectivity index (χ1) is 16.5. The molecule has 8 nitrogen and oxygen atoms in total. The number of methoxy groups -OCH3 is 1. The van der Waals surface area contributed by atoms with Crippen LogP contribution in [0.4, 0.5) is 4.79 Å². The summed E-state index contributed by atoms with van der Waals surface area (Å²) in [7, 11) is 1.43. The lowest BCUT2D eigenvalue weighted by Crippen LogP contribution is -2.56. The van der Waals surface area contributed by atoms with Gasteiger partial charge in [0.2, 0.25) is 5.91 Å². The lowest BCUT2D eigenvalue weighted by molar-refractivity contribution is -0.147. The van der Waals surface area contributed by atoms with Gasteiger partial charge in [0, 0.05) is 19.6 Å². The summed E-state index contributed by atoms with van der Waals surface area (Å²) in [6.07, 6.45) is -1.46. The highest BCUT2D eigenvalue weighted by molar-refractivity contribution is 5.88. The van der Waals surface area contributed by atoms with E-state index in [2.05, 4.69) is 17.4 Å². The van der Waals surface area contributed by atoms with Gasteiger partial charge in [-0.1, -0.05) is 69.3 Å². The molecule has 3 rings (SSSR count). The first-order valence-corrected chi connectivity index (χ1v) is 11.7. The van der Waals surface area contributed by atoms with E-state index in [9.17, 15) is 19.5 Å². The zero-order valence-corrected chi connectivity index (χ0v) is 20.9. The minimum atomic E-state index is -1.13. The fraction of sp³-hybridized carbons (Fsp3) is 0.444. The van der Waals surface area contributed by atoms with Crippen LogP contribution in [0, 0.1) is 5.41 Å². The van der Waals surface area contributed by atoms with Gasteiger partial charge in [0.1, 0.15) is 19.2 Å². The molecule has 2 aromatic carbocycles. The average Bonchev–Trinajstić information content (AvgIpc) is 3.12. The lowest BCUT2D eigenvalue weighted by Gasteiger charge is -2.33. The monoisotopic (exact) mass is 482 g/mol. The lowest BCUT2D eigenvalue weighted by atomic mass is 9.95. The molecule has 0 aromatic heterocycles. The van der Waals surface area contributed by atoms with E-state index in [1.807, 2.05) is 57.2 Å². The molecule has 0 unspecified atom stereocenters. The van der Waals surface area contributed by atoms with Crippen molar-refractivity contribution in [3.05, 3.63) is 59.7 Å². The maximum absolute atomic E-state index is 13.3. The van der Waals surface area contributed by atoms with E-state index < -0.39 is 36.7 Å². The van der Waals surface area contributed by atoms with Crippen LogP contribution in [-0.2, 0) is 19.1 Å². The van der Waals surface area contributed by atoms with Gasteiger partial charge in [0.25, 0.3) is 0 Å². The highest BCUT2D eigenvalue weighted by Gasteiger charge is 2.35. The number of hydrogen-bond donors (Lipinski definition) is 2. The number of benzene rings is 2. The van der Waals surface area contributed by atoms with Gasteiger partial charge in [-0.15, -0.1) is 0 Å². The number of nitrogens with zero attached hydrogens (tertiary/aromatic N) is 1. The summed E-state index contributed by atoms with van der Waals surface area (Å²) in [4.78, 5) is 38.7. The van der Waals surface area contributed by atoms with Crippen molar-refractivity contribution in [1.29, 1.82) is 0 Å². The van der Waals surface area contributed by atoms with Crippen LogP contribution in [0.5, 0.6) is 0 Å². The third-order valence-corrected chi connectivity index (χ3v) is 6.03. The SMILES string of the molecule is CO[C@H](C)[C@H](NC(=O)OCC1c2ccccc2-c2ccccc21)C(=O)N(CC(=O)O)CC(C)(C)C. The standard InChI is InChI=1S/C27H34N2O6/c1-17(34-5)24(25(32)29(14-23(30)31)16-27(2,3)4)28-26(33)35-15-22-20-12-8-6-10-18(20)19-11-7-9-13-21(19)22/h6-13,17,22,24H,14-16H2,1-5H3,(H,28,33)(H,30,31)/t17-,24+/m1/s1. The Balaban J connectivity index is 1.73. The van der Waals surface area contributed by atoms with Crippen molar-refractivity contribution in [2.24, 2.45) is 5.41 Å². The van der Waals surface area contributed by atoms with Crippen LogP contribution >= 0.6 is 0 Å². The number of alkyl carbamates (subject to hydrolysis) is 1. The van der Waals surface area contributed by atoms with E-state index in [1.54, 1.807) is 6.92 Å². The van der Waals surface area contributed by atoms with Crippen LogP contribution < -0.4 is 5.32 Å². The number of fused-ring (bicyclic) bond motifs is 3. The number of ether oxygens (including phenoxy) is 2. The van der Waals surface area contributed by atoms with E-state index in [0.717, 1.165) is 22.3 Å². The number of amides is 2. The smallest absolute Gasteiger partial charge is 0.407 e. The summed E-state index contributed by atoms with van der Waals surface area (Å²) >= 11 is 0. The molecular formula is C27H34N2O6. The molecule has 188 valence electrons. The van der Waals surface area contributed by atoms with Gasteiger partial charge in [0.05, 0.1) is 6.10 Å². The Kier molecular flexibility index (Phi) is 8.17. The summed E-state index contributed by atoms with van der Waals surface area (Å²) in [5.41, 5.74) is 4.05. The van der Waals surface area contributed by atoms with Crippen molar-refractivity contribution < 1.29 is 29.0 Å². The van der Waals surface area contributed by atoms with Gasteiger partial charge in [-0.05, 0) is 34.6 Å². The van der Waals surface area contributed by atoms with Gasteiger partial charge in [0.15, 0.2) is 0 Å². The molecule has 35 heavy (non-hydrogen) atoms. The highest BCUT2D eigenvalue weighted by Crippen LogP contribution is 2.44. The Morgan fingerprint density at radius 1 is 1.03 bits per heavy atom. The number of carboxylic acids is 1. The number of carbonyl (C=O) groups is 3. The van der Waals surface area contributed by atoms with Crippen molar-refractivity contribution in [3.8, 4) is 11.1 Å². The molecule has 0 bridgehead atoms. The summed E-state index contributed by atoms with van der Waals surface area (Å²) < 4.78 is 10.9. The quantitative estimate of drug-likeness (QED) is 0.562. The molecule has 0 heterocycles. The largest absolute Gasteiger partial charge is 0.480 e. The normalized spacial score (nSPS) is 14.4. The Labute approximate surface area is 206 Å². The van der Waals surface area contributed by atoms with Gasteiger partial charge < -0.3 is 24.8 Å². The Morgan fingerprint density at radius 3 is 2.06 bits per heavy atom. The number of rotatable bonds is 9. The second-order valence-corrected chi connectivity index (χ2v) is 10.0. The molecule has 2 N–H and O–H groups in total. The fourth-order valence-electron chi connectivity index (χ4n) is 4.43. The number of carboxylic acid groups (broad SMARTS) is 1.